The van der Waals surface area contributed by atoms with E-state index in [-0.39, 0.29) is 5.41 Å². The molecule has 0 unspecified atom stereocenters. The van der Waals surface area contributed by atoms with E-state index in [0.29, 0.717) is 16.7 Å². The maximum absolute atomic E-state index is 6.59. The number of aromatic nitrogens is 4. The molecule has 4 aromatic rings. The molecular formula is C23H21BrCl2N4OS. The van der Waals surface area contributed by atoms with Crippen LogP contribution in [0.25, 0.3) is 27.6 Å². The normalized spacial score (nSPS) is 11.8. The molecule has 0 aliphatic rings. The molecule has 0 saturated carbocycles. The summed E-state index contributed by atoms with van der Waals surface area (Å²) in [4.78, 5) is 0. The molecule has 0 bridgehead atoms. The second kappa shape index (κ2) is 9.23. The van der Waals surface area contributed by atoms with Gasteiger partial charge in [-0.05, 0) is 30.3 Å². The summed E-state index contributed by atoms with van der Waals surface area (Å²) in [6.07, 6.45) is 0. The summed E-state index contributed by atoms with van der Waals surface area (Å²) < 4.78 is 8.42. The average Bonchev–Trinajstić information content (AvgIpc) is 3.34. The highest BCUT2D eigenvalue weighted by atomic mass is 79.9. The van der Waals surface area contributed by atoms with Crippen molar-refractivity contribution in [2.75, 3.05) is 7.11 Å². The molecule has 2 aromatic carbocycles. The minimum Gasteiger partial charge on any atom is -0.380 e. The molecule has 0 fully saturated rings. The quantitative estimate of drug-likeness (QED) is 0.256. The molecule has 2 aromatic heterocycles. The van der Waals surface area contributed by atoms with E-state index >= 15 is 0 Å². The monoisotopic (exact) mass is 550 g/mol. The molecule has 0 amide bonds. The van der Waals surface area contributed by atoms with Crippen LogP contribution in [0.4, 0.5) is 0 Å². The van der Waals surface area contributed by atoms with Gasteiger partial charge in [-0.1, -0.05) is 83.4 Å². The van der Waals surface area contributed by atoms with E-state index in [0.717, 1.165) is 42.7 Å². The molecule has 0 aliphatic carbocycles. The second-order valence-electron chi connectivity index (χ2n) is 8.29. The molecule has 166 valence electrons. The third-order valence-electron chi connectivity index (χ3n) is 4.80. The van der Waals surface area contributed by atoms with Gasteiger partial charge in [0.15, 0.2) is 5.01 Å². The van der Waals surface area contributed by atoms with Crippen molar-refractivity contribution >= 4 is 50.5 Å². The Morgan fingerprint density at radius 3 is 2.38 bits per heavy atom. The van der Waals surface area contributed by atoms with E-state index in [1.807, 2.05) is 35.0 Å². The molecule has 5 nitrogen and oxygen atoms in total. The van der Waals surface area contributed by atoms with E-state index in [1.54, 1.807) is 19.2 Å². The Bertz CT molecular complexity index is 1260. The van der Waals surface area contributed by atoms with Crippen LogP contribution in [0.15, 0.2) is 46.9 Å². The standard InChI is InChI=1S/C23H21BrCl2N4OS/c1-23(2,3)22-28-27-21(32-22)19-16(12-31-4)20(13-5-7-14(24)8-6-13)30(29-19)18-10-9-15(25)11-17(18)26/h5-11H,12H2,1-4H3. The van der Waals surface area contributed by atoms with Gasteiger partial charge in [0.1, 0.15) is 10.7 Å². The third kappa shape index (κ3) is 4.63. The predicted octanol–water partition coefficient (Wildman–Crippen LogP) is 7.57. The highest BCUT2D eigenvalue weighted by Crippen LogP contribution is 2.39. The smallest absolute Gasteiger partial charge is 0.168 e. The Balaban J connectivity index is 2.01. The van der Waals surface area contributed by atoms with Crippen LogP contribution >= 0.6 is 50.5 Å². The van der Waals surface area contributed by atoms with Gasteiger partial charge in [-0.2, -0.15) is 5.10 Å². The Labute approximate surface area is 209 Å². The zero-order valence-electron chi connectivity index (χ0n) is 18.0. The van der Waals surface area contributed by atoms with E-state index in [2.05, 4.69) is 46.9 Å². The maximum Gasteiger partial charge on any atom is 0.168 e. The largest absolute Gasteiger partial charge is 0.380 e. The minimum absolute atomic E-state index is 0.103. The molecule has 0 N–H and O–H groups in total. The van der Waals surface area contributed by atoms with E-state index in [4.69, 9.17) is 33.0 Å². The van der Waals surface area contributed by atoms with Gasteiger partial charge in [-0.3, -0.25) is 0 Å². The first-order valence-electron chi connectivity index (χ1n) is 9.85. The van der Waals surface area contributed by atoms with E-state index in [9.17, 15) is 0 Å². The van der Waals surface area contributed by atoms with Crippen molar-refractivity contribution in [1.29, 1.82) is 0 Å². The van der Waals surface area contributed by atoms with E-state index < -0.39 is 0 Å². The molecule has 0 aliphatic heterocycles. The molecule has 0 saturated heterocycles. The topological polar surface area (TPSA) is 52.8 Å². The number of methoxy groups -OCH3 is 1. The fourth-order valence-corrected chi connectivity index (χ4v) is 4.92. The summed E-state index contributed by atoms with van der Waals surface area (Å²) in [6.45, 7) is 6.71. The molecule has 0 atom stereocenters. The molecule has 9 heteroatoms. The number of nitrogens with zero attached hydrogens (tertiary/aromatic N) is 4. The van der Waals surface area contributed by atoms with Gasteiger partial charge in [0.05, 0.1) is 23.0 Å². The average molecular weight is 552 g/mol. The molecule has 32 heavy (non-hydrogen) atoms. The van der Waals surface area contributed by atoms with Gasteiger partial charge in [0, 0.05) is 33.1 Å². The number of hydrogen-bond acceptors (Lipinski definition) is 5. The molecule has 0 radical (unpaired) electrons. The van der Waals surface area contributed by atoms with Gasteiger partial charge in [-0.25, -0.2) is 4.68 Å². The van der Waals surface area contributed by atoms with Crippen molar-refractivity contribution < 1.29 is 4.74 Å². The van der Waals surface area contributed by atoms with Crippen LogP contribution in [0, 0.1) is 0 Å². The fraction of sp³-hybridized carbons (Fsp3) is 0.261. The van der Waals surface area contributed by atoms with Crippen molar-refractivity contribution in [3.05, 3.63) is 67.6 Å². The first kappa shape index (κ1) is 23.4. The molecule has 4 rings (SSSR count). The summed E-state index contributed by atoms with van der Waals surface area (Å²) in [5, 5.41) is 16.6. The zero-order valence-corrected chi connectivity index (χ0v) is 21.9. The highest BCUT2D eigenvalue weighted by molar-refractivity contribution is 9.10. The predicted molar refractivity (Wildman–Crippen MR) is 135 cm³/mol. The van der Waals surface area contributed by atoms with Crippen LogP contribution in [-0.4, -0.2) is 27.1 Å². The van der Waals surface area contributed by atoms with Gasteiger partial charge >= 0.3 is 0 Å². The van der Waals surface area contributed by atoms with Crippen LogP contribution in [0.1, 0.15) is 31.3 Å². The minimum atomic E-state index is -0.103. The van der Waals surface area contributed by atoms with Gasteiger partial charge in [0.2, 0.25) is 0 Å². The first-order chi connectivity index (χ1) is 15.2. The van der Waals surface area contributed by atoms with Crippen LogP contribution in [0.3, 0.4) is 0 Å². The van der Waals surface area contributed by atoms with Crippen molar-refractivity contribution in [3.8, 4) is 27.6 Å². The Hall–Kier alpha value is -1.77. The van der Waals surface area contributed by atoms with Gasteiger partial charge < -0.3 is 4.74 Å². The zero-order chi connectivity index (χ0) is 23.0. The van der Waals surface area contributed by atoms with Crippen molar-refractivity contribution in [2.45, 2.75) is 32.8 Å². The van der Waals surface area contributed by atoms with Crippen LogP contribution in [-0.2, 0) is 16.8 Å². The molecular weight excluding hydrogens is 531 g/mol. The summed E-state index contributed by atoms with van der Waals surface area (Å²) >= 11 is 17.8. The second-order valence-corrected chi connectivity index (χ2v) is 11.0. The lowest BCUT2D eigenvalue weighted by atomic mass is 9.98. The molecule has 2 heterocycles. The number of halogens is 3. The van der Waals surface area contributed by atoms with Crippen LogP contribution < -0.4 is 0 Å². The lowest BCUT2D eigenvalue weighted by Crippen LogP contribution is -2.10. The SMILES string of the molecule is COCc1c(-c2nnc(C(C)(C)C)s2)nn(-c2ccc(Cl)cc2Cl)c1-c1ccc(Br)cc1. The molecule has 0 spiro atoms. The number of ether oxygens (including phenoxy) is 1. The van der Waals surface area contributed by atoms with Crippen molar-refractivity contribution in [2.24, 2.45) is 0 Å². The summed E-state index contributed by atoms with van der Waals surface area (Å²) in [5.74, 6) is 0. The lowest BCUT2D eigenvalue weighted by molar-refractivity contribution is 0.185. The lowest BCUT2D eigenvalue weighted by Gasteiger charge is -2.12. The summed E-state index contributed by atoms with van der Waals surface area (Å²) in [7, 11) is 1.67. The summed E-state index contributed by atoms with van der Waals surface area (Å²) in [6, 6.07) is 13.4. The Kier molecular flexibility index (Phi) is 6.75. The first-order valence-corrected chi connectivity index (χ1v) is 12.2. The van der Waals surface area contributed by atoms with E-state index in [1.165, 1.54) is 11.3 Å². The highest BCUT2D eigenvalue weighted by Gasteiger charge is 2.27. The number of benzene rings is 2. The van der Waals surface area contributed by atoms with Crippen LogP contribution in [0.2, 0.25) is 10.0 Å². The third-order valence-corrected chi connectivity index (χ3v) is 7.22. The Morgan fingerprint density at radius 2 is 1.78 bits per heavy atom. The van der Waals surface area contributed by atoms with Crippen LogP contribution in [0.5, 0.6) is 0 Å². The maximum atomic E-state index is 6.59. The fourth-order valence-electron chi connectivity index (χ4n) is 3.26. The summed E-state index contributed by atoms with van der Waals surface area (Å²) in [5.41, 5.74) is 4.12. The number of hydrogen-bond donors (Lipinski definition) is 0. The van der Waals surface area contributed by atoms with Crippen molar-refractivity contribution in [3.63, 3.8) is 0 Å². The van der Waals surface area contributed by atoms with Gasteiger partial charge in [0.25, 0.3) is 0 Å². The van der Waals surface area contributed by atoms with Crippen molar-refractivity contribution in [1.82, 2.24) is 20.0 Å². The number of rotatable bonds is 5. The Morgan fingerprint density at radius 1 is 1.06 bits per heavy atom. The van der Waals surface area contributed by atoms with Gasteiger partial charge in [-0.15, -0.1) is 10.2 Å².